The molecule has 190 valence electrons. The van der Waals surface area contributed by atoms with E-state index in [2.05, 4.69) is 0 Å². The van der Waals surface area contributed by atoms with Crippen LogP contribution < -0.4 is 9.47 Å². The fraction of sp³-hybridized carbons (Fsp3) is 0.0294. The van der Waals surface area contributed by atoms with Gasteiger partial charge in [-0.15, -0.1) is 0 Å². The summed E-state index contributed by atoms with van der Waals surface area (Å²) in [6.45, 7) is 2.02. The lowest BCUT2D eigenvalue weighted by Gasteiger charge is -2.09. The van der Waals surface area contributed by atoms with Gasteiger partial charge in [-0.25, -0.2) is 0 Å². The number of aryl methyl sites for hydroxylation is 1. The largest absolute Gasteiger partial charge is 0.457 e. The quantitative estimate of drug-likeness (QED) is 0.149. The molecule has 0 aromatic heterocycles. The Bertz CT molecular complexity index is 1600. The monoisotopic (exact) mass is 512 g/mol. The molecule has 5 aromatic rings. The van der Waals surface area contributed by atoms with E-state index in [-0.39, 0.29) is 11.6 Å². The minimum atomic E-state index is -0.142. The van der Waals surface area contributed by atoms with Crippen LogP contribution in [0.25, 0.3) is 0 Å². The first-order chi connectivity index (χ1) is 19.0. The summed E-state index contributed by atoms with van der Waals surface area (Å²) in [5.41, 5.74) is 3.78. The molecule has 5 heteroatoms. The SMILES string of the molecule is Cc1ccc(Oc2ccc(C(=O)c3ccc(Oc4ccc(C(=O)c5ccc(C=O)cc5)cc4)cc3)cc2)cc1. The van der Waals surface area contributed by atoms with Gasteiger partial charge in [0.25, 0.3) is 0 Å². The zero-order chi connectivity index (χ0) is 27.2. The first-order valence-electron chi connectivity index (χ1n) is 12.4. The van der Waals surface area contributed by atoms with Crippen molar-refractivity contribution in [3.63, 3.8) is 0 Å². The third-order valence-corrected chi connectivity index (χ3v) is 6.15. The molecule has 39 heavy (non-hydrogen) atoms. The molecular weight excluding hydrogens is 488 g/mol. The van der Waals surface area contributed by atoms with Crippen LogP contribution in [0.5, 0.6) is 23.0 Å². The van der Waals surface area contributed by atoms with Gasteiger partial charge in [-0.2, -0.15) is 0 Å². The number of rotatable bonds is 9. The van der Waals surface area contributed by atoms with E-state index in [0.717, 1.165) is 17.6 Å². The van der Waals surface area contributed by atoms with Crippen molar-refractivity contribution in [3.05, 3.63) is 155 Å². The predicted octanol–water partition coefficient (Wildman–Crippen LogP) is 7.85. The average molecular weight is 513 g/mol. The van der Waals surface area contributed by atoms with Gasteiger partial charge in [0.1, 0.15) is 29.3 Å². The zero-order valence-electron chi connectivity index (χ0n) is 21.2. The van der Waals surface area contributed by atoms with Gasteiger partial charge in [0, 0.05) is 27.8 Å². The first kappa shape index (κ1) is 25.4. The highest BCUT2D eigenvalue weighted by Gasteiger charge is 2.12. The van der Waals surface area contributed by atoms with E-state index >= 15 is 0 Å². The zero-order valence-corrected chi connectivity index (χ0v) is 21.2. The Morgan fingerprint density at radius 3 is 1.05 bits per heavy atom. The van der Waals surface area contributed by atoms with Crippen molar-refractivity contribution < 1.29 is 23.9 Å². The minimum Gasteiger partial charge on any atom is -0.457 e. The molecule has 5 rings (SSSR count). The van der Waals surface area contributed by atoms with Crippen LogP contribution in [-0.2, 0) is 0 Å². The predicted molar refractivity (Wildman–Crippen MR) is 149 cm³/mol. The summed E-state index contributed by atoms with van der Waals surface area (Å²) in [7, 11) is 0. The van der Waals surface area contributed by atoms with E-state index in [1.807, 2.05) is 31.2 Å². The number of hydrogen-bond donors (Lipinski definition) is 0. The molecular formula is C34H24O5. The van der Waals surface area contributed by atoms with Crippen LogP contribution in [0.15, 0.2) is 121 Å². The Morgan fingerprint density at radius 2 is 0.744 bits per heavy atom. The number of carbonyl (C=O) groups is 3. The number of aldehydes is 1. The number of ketones is 2. The molecule has 0 fully saturated rings. The molecule has 5 nitrogen and oxygen atoms in total. The molecule has 0 N–H and O–H groups in total. The third-order valence-electron chi connectivity index (χ3n) is 6.15. The van der Waals surface area contributed by atoms with Gasteiger partial charge in [0.2, 0.25) is 0 Å². The topological polar surface area (TPSA) is 69.7 Å². The summed E-state index contributed by atoms with van der Waals surface area (Å²) < 4.78 is 11.7. The second-order valence-corrected chi connectivity index (χ2v) is 8.99. The lowest BCUT2D eigenvalue weighted by molar-refractivity contribution is 0.103. The van der Waals surface area contributed by atoms with Crippen molar-refractivity contribution in [2.45, 2.75) is 6.92 Å². The highest BCUT2D eigenvalue weighted by Crippen LogP contribution is 2.25. The van der Waals surface area contributed by atoms with Gasteiger partial charge in [-0.1, -0.05) is 42.0 Å². The molecule has 0 unspecified atom stereocenters. The van der Waals surface area contributed by atoms with Crippen LogP contribution in [0.3, 0.4) is 0 Å². The van der Waals surface area contributed by atoms with Crippen LogP contribution in [0.4, 0.5) is 0 Å². The van der Waals surface area contributed by atoms with Gasteiger partial charge in [-0.3, -0.25) is 14.4 Å². The summed E-state index contributed by atoms with van der Waals surface area (Å²) in [4.78, 5) is 36.4. The Morgan fingerprint density at radius 1 is 0.462 bits per heavy atom. The van der Waals surface area contributed by atoms with E-state index in [9.17, 15) is 14.4 Å². The van der Waals surface area contributed by atoms with E-state index in [0.29, 0.717) is 45.1 Å². The van der Waals surface area contributed by atoms with Crippen molar-refractivity contribution in [3.8, 4) is 23.0 Å². The molecule has 0 aliphatic heterocycles. The van der Waals surface area contributed by atoms with Gasteiger partial charge in [0.15, 0.2) is 11.6 Å². The second kappa shape index (κ2) is 11.4. The Balaban J connectivity index is 1.20. The molecule has 0 aliphatic rings. The van der Waals surface area contributed by atoms with Crippen LogP contribution in [0.1, 0.15) is 47.8 Å². The molecule has 0 heterocycles. The van der Waals surface area contributed by atoms with Crippen LogP contribution in [0, 0.1) is 6.92 Å². The van der Waals surface area contributed by atoms with Crippen molar-refractivity contribution in [1.82, 2.24) is 0 Å². The standard InChI is InChI=1S/C34H24O5/c1-23-2-14-29(15-3-23)38-30-16-10-27(11-17-30)34(37)28-12-20-32(21-13-28)39-31-18-8-26(9-19-31)33(36)25-6-4-24(22-35)5-7-25/h2-22H,1H3. The second-order valence-electron chi connectivity index (χ2n) is 8.99. The Hall–Kier alpha value is -5.29. The molecule has 0 radical (unpaired) electrons. The number of benzene rings is 5. The van der Waals surface area contributed by atoms with Gasteiger partial charge in [0.05, 0.1) is 0 Å². The molecule has 0 aliphatic carbocycles. The maximum Gasteiger partial charge on any atom is 0.193 e. The smallest absolute Gasteiger partial charge is 0.193 e. The molecule has 0 bridgehead atoms. The molecule has 5 aromatic carbocycles. The summed E-state index contributed by atoms with van der Waals surface area (Å²) in [5, 5.41) is 0. The van der Waals surface area contributed by atoms with E-state index in [4.69, 9.17) is 9.47 Å². The molecule has 0 spiro atoms. The summed E-state index contributed by atoms with van der Waals surface area (Å²) in [5.74, 6) is 2.27. The lowest BCUT2D eigenvalue weighted by atomic mass is 10.0. The van der Waals surface area contributed by atoms with Crippen molar-refractivity contribution in [2.75, 3.05) is 0 Å². The number of hydrogen-bond acceptors (Lipinski definition) is 5. The van der Waals surface area contributed by atoms with E-state index in [1.54, 1.807) is 97.1 Å². The highest BCUT2D eigenvalue weighted by atomic mass is 16.5. The van der Waals surface area contributed by atoms with Crippen molar-refractivity contribution in [2.24, 2.45) is 0 Å². The minimum absolute atomic E-state index is 0.104. The highest BCUT2D eigenvalue weighted by molar-refractivity contribution is 6.09. The fourth-order valence-electron chi connectivity index (χ4n) is 3.95. The number of ether oxygens (including phenoxy) is 2. The van der Waals surface area contributed by atoms with E-state index in [1.165, 1.54) is 0 Å². The third kappa shape index (κ3) is 6.17. The molecule has 0 amide bonds. The maximum absolute atomic E-state index is 12.9. The maximum atomic E-state index is 12.9. The molecule has 0 saturated carbocycles. The summed E-state index contributed by atoms with van der Waals surface area (Å²) in [6, 6.07) is 35.0. The van der Waals surface area contributed by atoms with Crippen molar-refractivity contribution >= 4 is 17.9 Å². The van der Waals surface area contributed by atoms with Crippen LogP contribution >= 0.6 is 0 Å². The summed E-state index contributed by atoms with van der Waals surface area (Å²) >= 11 is 0. The van der Waals surface area contributed by atoms with Gasteiger partial charge < -0.3 is 9.47 Å². The number of carbonyl (C=O) groups excluding carboxylic acids is 3. The van der Waals surface area contributed by atoms with Gasteiger partial charge in [-0.05, 0) is 91.9 Å². The average Bonchev–Trinajstić information content (AvgIpc) is 2.99. The lowest BCUT2D eigenvalue weighted by Crippen LogP contribution is -2.01. The van der Waals surface area contributed by atoms with Crippen LogP contribution in [-0.4, -0.2) is 17.9 Å². The Kier molecular flexibility index (Phi) is 7.41. The molecule has 0 saturated heterocycles. The van der Waals surface area contributed by atoms with Crippen LogP contribution in [0.2, 0.25) is 0 Å². The normalized spacial score (nSPS) is 10.5. The van der Waals surface area contributed by atoms with Crippen molar-refractivity contribution in [1.29, 1.82) is 0 Å². The summed E-state index contributed by atoms with van der Waals surface area (Å²) in [6.07, 6.45) is 0.739. The molecule has 0 atom stereocenters. The fourth-order valence-corrected chi connectivity index (χ4v) is 3.95. The Labute approximate surface area is 226 Å². The van der Waals surface area contributed by atoms with E-state index < -0.39 is 0 Å². The van der Waals surface area contributed by atoms with Gasteiger partial charge >= 0.3 is 0 Å². The first-order valence-corrected chi connectivity index (χ1v) is 12.4.